The number of para-hydroxylation sites is 2. The molecule has 1 amide bonds. The van der Waals surface area contributed by atoms with E-state index in [1.807, 2.05) is 0 Å². The highest BCUT2D eigenvalue weighted by molar-refractivity contribution is 5.95. The summed E-state index contributed by atoms with van der Waals surface area (Å²) < 4.78 is 14.6. The summed E-state index contributed by atoms with van der Waals surface area (Å²) in [4.78, 5) is 44.2. The van der Waals surface area contributed by atoms with Crippen LogP contribution in [0.5, 0.6) is 11.5 Å². The van der Waals surface area contributed by atoms with E-state index in [9.17, 15) is 29.8 Å². The lowest BCUT2D eigenvalue weighted by Crippen LogP contribution is -2.24. The molecule has 0 spiro atoms. The number of ether oxygens (including phenoxy) is 3. The van der Waals surface area contributed by atoms with E-state index in [0.29, 0.717) is 0 Å². The van der Waals surface area contributed by atoms with Crippen LogP contribution in [-0.2, 0) is 14.3 Å². The topological polar surface area (TPSA) is 160 Å². The highest BCUT2D eigenvalue weighted by Gasteiger charge is 2.19. The van der Waals surface area contributed by atoms with E-state index in [0.717, 1.165) is 6.07 Å². The first-order valence-corrected chi connectivity index (χ1v) is 7.96. The molecule has 0 fully saturated rings. The van der Waals surface area contributed by atoms with Crippen molar-refractivity contribution < 1.29 is 33.6 Å². The number of methoxy groups -OCH3 is 1. The molecule has 0 aromatic heterocycles. The van der Waals surface area contributed by atoms with Crippen LogP contribution >= 0.6 is 0 Å². The summed E-state index contributed by atoms with van der Waals surface area (Å²) in [7, 11) is 1.34. The van der Waals surface area contributed by atoms with Crippen LogP contribution in [0.25, 0.3) is 0 Å². The molecular weight excluding hydrogens is 390 g/mol. The van der Waals surface area contributed by atoms with Crippen LogP contribution in [0.2, 0.25) is 0 Å². The Morgan fingerprint density at radius 3 is 2.34 bits per heavy atom. The summed E-state index contributed by atoms with van der Waals surface area (Å²) in [6, 6.07) is 9.25. The second-order valence-corrected chi connectivity index (χ2v) is 5.36. The van der Waals surface area contributed by atoms with Crippen molar-refractivity contribution in [3.05, 3.63) is 62.7 Å². The molecule has 0 saturated carbocycles. The molecule has 0 atom stereocenters. The van der Waals surface area contributed by atoms with Crippen molar-refractivity contribution in [1.29, 1.82) is 0 Å². The van der Waals surface area contributed by atoms with Gasteiger partial charge in [0, 0.05) is 6.07 Å². The summed E-state index contributed by atoms with van der Waals surface area (Å²) in [5.74, 6) is -1.68. The van der Waals surface area contributed by atoms with Gasteiger partial charge in [-0.3, -0.25) is 25.0 Å². The smallest absolute Gasteiger partial charge is 0.344 e. The molecule has 2 rings (SSSR count). The van der Waals surface area contributed by atoms with E-state index in [1.54, 1.807) is 0 Å². The lowest BCUT2D eigenvalue weighted by Gasteiger charge is -2.09. The molecule has 0 aliphatic heterocycles. The number of anilines is 1. The Bertz CT molecular complexity index is 945. The minimum atomic E-state index is -0.956. The van der Waals surface area contributed by atoms with Crippen LogP contribution in [0.4, 0.5) is 17.1 Å². The Balaban J connectivity index is 1.89. The Hall–Kier alpha value is -4.22. The standard InChI is InChI=1S/C17H15N3O9/c1-27-11-6-7-12(14(8-11)20(25)26)18-16(21)9-29-17(22)10-28-15-5-3-2-4-13(15)19(23)24/h2-8H,9-10H2,1H3,(H,18,21). The fourth-order valence-electron chi connectivity index (χ4n) is 2.14. The lowest BCUT2D eigenvalue weighted by molar-refractivity contribution is -0.385. The molecule has 0 aliphatic carbocycles. The zero-order chi connectivity index (χ0) is 21.4. The molecule has 2 aromatic rings. The van der Waals surface area contributed by atoms with Gasteiger partial charge in [-0.2, -0.15) is 0 Å². The molecule has 0 bridgehead atoms. The third-order valence-electron chi connectivity index (χ3n) is 3.45. The van der Waals surface area contributed by atoms with Crippen molar-refractivity contribution >= 4 is 28.9 Å². The number of nitro benzene ring substituents is 2. The second kappa shape index (κ2) is 9.64. The number of carbonyl (C=O) groups excluding carboxylic acids is 2. The molecule has 0 saturated heterocycles. The van der Waals surface area contributed by atoms with Gasteiger partial charge < -0.3 is 19.5 Å². The van der Waals surface area contributed by atoms with Gasteiger partial charge in [0.25, 0.3) is 11.6 Å². The van der Waals surface area contributed by atoms with Crippen molar-refractivity contribution in [2.45, 2.75) is 0 Å². The Morgan fingerprint density at radius 1 is 1.00 bits per heavy atom. The number of esters is 1. The maximum atomic E-state index is 11.9. The third-order valence-corrected chi connectivity index (χ3v) is 3.45. The van der Waals surface area contributed by atoms with Gasteiger partial charge in [-0.1, -0.05) is 12.1 Å². The summed E-state index contributed by atoms with van der Waals surface area (Å²) in [5, 5.41) is 24.2. The van der Waals surface area contributed by atoms with Gasteiger partial charge in [-0.15, -0.1) is 0 Å². The van der Waals surface area contributed by atoms with Crippen LogP contribution in [0.3, 0.4) is 0 Å². The zero-order valence-corrected chi connectivity index (χ0v) is 15.0. The van der Waals surface area contributed by atoms with Crippen LogP contribution in [0.15, 0.2) is 42.5 Å². The normalized spacial score (nSPS) is 9.97. The highest BCUT2D eigenvalue weighted by atomic mass is 16.6. The van der Waals surface area contributed by atoms with E-state index < -0.39 is 40.6 Å². The Kier molecular flexibility index (Phi) is 7.01. The first kappa shape index (κ1) is 21.1. The van der Waals surface area contributed by atoms with Crippen molar-refractivity contribution in [2.24, 2.45) is 0 Å². The number of rotatable bonds is 9. The van der Waals surface area contributed by atoms with Crippen molar-refractivity contribution in [1.82, 2.24) is 0 Å². The predicted octanol–water partition coefficient (Wildman–Crippen LogP) is 2.07. The first-order chi connectivity index (χ1) is 13.8. The van der Waals surface area contributed by atoms with Gasteiger partial charge in [0.2, 0.25) is 0 Å². The SMILES string of the molecule is COc1ccc(NC(=O)COC(=O)COc2ccccc2[N+](=O)[O-])c([N+](=O)[O-])c1. The van der Waals surface area contributed by atoms with Gasteiger partial charge >= 0.3 is 11.7 Å². The molecule has 29 heavy (non-hydrogen) atoms. The average Bonchev–Trinajstić information content (AvgIpc) is 2.70. The van der Waals surface area contributed by atoms with Gasteiger partial charge in [0.05, 0.1) is 23.0 Å². The number of hydrogen-bond donors (Lipinski definition) is 1. The summed E-state index contributed by atoms with van der Waals surface area (Å²) in [5.41, 5.74) is -0.832. The summed E-state index contributed by atoms with van der Waals surface area (Å²) in [6.07, 6.45) is 0. The molecule has 152 valence electrons. The number of carbonyl (C=O) groups is 2. The quantitative estimate of drug-likeness (QED) is 0.374. The molecule has 12 nitrogen and oxygen atoms in total. The fourth-order valence-corrected chi connectivity index (χ4v) is 2.14. The lowest BCUT2D eigenvalue weighted by atomic mass is 10.2. The minimum absolute atomic E-state index is 0.104. The number of amides is 1. The highest BCUT2D eigenvalue weighted by Crippen LogP contribution is 2.29. The van der Waals surface area contributed by atoms with Crippen LogP contribution < -0.4 is 14.8 Å². The average molecular weight is 405 g/mol. The molecule has 0 radical (unpaired) electrons. The Morgan fingerprint density at radius 2 is 1.69 bits per heavy atom. The number of nitrogens with zero attached hydrogens (tertiary/aromatic N) is 2. The van der Waals surface area contributed by atoms with E-state index in [1.165, 1.54) is 43.5 Å². The molecule has 1 N–H and O–H groups in total. The number of benzene rings is 2. The maximum Gasteiger partial charge on any atom is 0.344 e. The molecule has 12 heteroatoms. The molecule has 0 heterocycles. The van der Waals surface area contributed by atoms with E-state index in [-0.39, 0.29) is 22.9 Å². The Labute approximate surface area is 163 Å². The van der Waals surface area contributed by atoms with Gasteiger partial charge in [-0.05, 0) is 18.2 Å². The predicted molar refractivity (Wildman–Crippen MR) is 97.8 cm³/mol. The molecule has 0 unspecified atom stereocenters. The second-order valence-electron chi connectivity index (χ2n) is 5.36. The fraction of sp³-hybridized carbons (Fsp3) is 0.176. The zero-order valence-electron chi connectivity index (χ0n) is 15.0. The van der Waals surface area contributed by atoms with E-state index in [4.69, 9.17) is 14.2 Å². The van der Waals surface area contributed by atoms with Crippen LogP contribution in [-0.4, -0.2) is 42.0 Å². The van der Waals surface area contributed by atoms with Crippen molar-refractivity contribution in [3.8, 4) is 11.5 Å². The van der Waals surface area contributed by atoms with Gasteiger partial charge in [-0.25, -0.2) is 4.79 Å². The van der Waals surface area contributed by atoms with Crippen LogP contribution in [0, 0.1) is 20.2 Å². The van der Waals surface area contributed by atoms with E-state index >= 15 is 0 Å². The molecule has 0 aliphatic rings. The molecule has 2 aromatic carbocycles. The third kappa shape index (κ3) is 5.89. The summed E-state index contributed by atoms with van der Waals surface area (Å²) in [6.45, 7) is -1.40. The number of nitrogens with one attached hydrogen (secondary N) is 1. The number of nitro groups is 2. The minimum Gasteiger partial charge on any atom is -0.496 e. The first-order valence-electron chi connectivity index (χ1n) is 7.96. The van der Waals surface area contributed by atoms with Crippen molar-refractivity contribution in [3.63, 3.8) is 0 Å². The summed E-state index contributed by atoms with van der Waals surface area (Å²) >= 11 is 0. The van der Waals surface area contributed by atoms with Gasteiger partial charge in [0.1, 0.15) is 11.4 Å². The maximum absolute atomic E-state index is 11.9. The van der Waals surface area contributed by atoms with Crippen molar-refractivity contribution in [2.75, 3.05) is 25.6 Å². The largest absolute Gasteiger partial charge is 0.496 e. The monoisotopic (exact) mass is 405 g/mol. The van der Waals surface area contributed by atoms with Gasteiger partial charge in [0.15, 0.2) is 19.0 Å². The molecular formula is C17H15N3O9. The van der Waals surface area contributed by atoms with Crippen LogP contribution in [0.1, 0.15) is 0 Å². The number of hydrogen-bond acceptors (Lipinski definition) is 9. The van der Waals surface area contributed by atoms with E-state index in [2.05, 4.69) is 5.32 Å².